The molecular weight excluding hydrogens is 615 g/mol. The predicted octanol–water partition coefficient (Wildman–Crippen LogP) is 7.93. The highest BCUT2D eigenvalue weighted by Crippen LogP contribution is 2.54. The number of hydrogen-bond acceptors (Lipinski definition) is 5. The maximum Gasteiger partial charge on any atom is 0.174 e. The normalized spacial score (nSPS) is 20.6. The van der Waals surface area contributed by atoms with Crippen molar-refractivity contribution in [3.63, 3.8) is 0 Å². The lowest BCUT2D eigenvalue weighted by molar-refractivity contribution is -0.120. The standard InChI is InChI=1S/C31H32ClIO5/c1-30(2)12-21(34)27-24(14-30)38-25-15-31(3,4)13-22(35)28(25)26(27)18-10-20(33)29(23(11-18)36-5)37-16-17-6-8-19(32)9-7-17/h6-11,26H,12-16H2,1-5H3. The van der Waals surface area contributed by atoms with Crippen LogP contribution in [-0.2, 0) is 20.9 Å². The molecule has 2 aliphatic carbocycles. The zero-order valence-corrected chi connectivity index (χ0v) is 25.3. The maximum atomic E-state index is 13.6. The molecule has 1 aliphatic heterocycles. The van der Waals surface area contributed by atoms with Crippen LogP contribution in [-0.4, -0.2) is 18.7 Å². The van der Waals surface area contributed by atoms with Gasteiger partial charge < -0.3 is 14.2 Å². The zero-order chi connectivity index (χ0) is 27.4. The molecule has 0 radical (unpaired) electrons. The van der Waals surface area contributed by atoms with Crippen molar-refractivity contribution in [1.82, 2.24) is 0 Å². The number of ketones is 2. The largest absolute Gasteiger partial charge is 0.493 e. The van der Waals surface area contributed by atoms with Crippen LogP contribution in [0.4, 0.5) is 0 Å². The third kappa shape index (κ3) is 5.26. The van der Waals surface area contributed by atoms with Crippen molar-refractivity contribution in [3.05, 3.63) is 78.8 Å². The SMILES string of the molecule is COc1cc(C2C3=C(CC(C)(C)CC3=O)OC3=C2C(=O)CC(C)(C)C3)cc(I)c1OCc1ccc(Cl)cc1. The van der Waals surface area contributed by atoms with Gasteiger partial charge in [0.2, 0.25) is 0 Å². The minimum absolute atomic E-state index is 0.0440. The number of allylic oxidation sites excluding steroid dienone is 4. The number of carbonyl (C=O) groups is 2. The van der Waals surface area contributed by atoms with Crippen LogP contribution in [0, 0.1) is 14.4 Å². The number of benzene rings is 2. The average Bonchev–Trinajstić information content (AvgIpc) is 2.81. The second-order valence-electron chi connectivity index (χ2n) is 12.0. The molecule has 0 atom stereocenters. The summed E-state index contributed by atoms with van der Waals surface area (Å²) in [6.45, 7) is 8.71. The molecule has 2 aromatic rings. The van der Waals surface area contributed by atoms with Gasteiger partial charge in [0.1, 0.15) is 18.1 Å². The van der Waals surface area contributed by atoms with E-state index >= 15 is 0 Å². The Balaban J connectivity index is 1.59. The fraction of sp³-hybridized carbons (Fsp3) is 0.419. The van der Waals surface area contributed by atoms with Gasteiger partial charge in [-0.2, -0.15) is 0 Å². The van der Waals surface area contributed by atoms with Crippen LogP contribution in [0.2, 0.25) is 5.02 Å². The van der Waals surface area contributed by atoms with Crippen molar-refractivity contribution in [1.29, 1.82) is 0 Å². The molecule has 2 aromatic carbocycles. The lowest BCUT2D eigenvalue weighted by Gasteiger charge is -2.42. The molecule has 200 valence electrons. The molecule has 0 fully saturated rings. The topological polar surface area (TPSA) is 61.8 Å². The van der Waals surface area contributed by atoms with Gasteiger partial charge in [-0.25, -0.2) is 0 Å². The molecule has 7 heteroatoms. The Labute approximate surface area is 242 Å². The van der Waals surface area contributed by atoms with Crippen LogP contribution < -0.4 is 9.47 Å². The first-order chi connectivity index (χ1) is 17.9. The Morgan fingerprint density at radius 2 is 1.47 bits per heavy atom. The first-order valence-corrected chi connectivity index (χ1v) is 14.3. The molecule has 0 unspecified atom stereocenters. The van der Waals surface area contributed by atoms with Crippen molar-refractivity contribution in [2.24, 2.45) is 10.8 Å². The number of rotatable bonds is 5. The molecule has 38 heavy (non-hydrogen) atoms. The van der Waals surface area contributed by atoms with E-state index in [4.69, 9.17) is 25.8 Å². The number of Topliss-reactive ketones (excluding diaryl/α,β-unsaturated/α-hetero) is 2. The minimum atomic E-state index is -0.478. The fourth-order valence-corrected chi connectivity index (χ4v) is 6.70. The van der Waals surface area contributed by atoms with Crippen LogP contribution in [0.3, 0.4) is 0 Å². The lowest BCUT2D eigenvalue weighted by Crippen LogP contribution is -2.37. The molecule has 1 heterocycles. The third-order valence-electron chi connectivity index (χ3n) is 7.46. The molecule has 0 amide bonds. The summed E-state index contributed by atoms with van der Waals surface area (Å²) in [6, 6.07) is 11.4. The quantitative estimate of drug-likeness (QED) is 0.309. The van der Waals surface area contributed by atoms with Gasteiger partial charge in [-0.3, -0.25) is 9.59 Å². The van der Waals surface area contributed by atoms with Crippen LogP contribution in [0.5, 0.6) is 11.5 Å². The molecule has 0 spiro atoms. The van der Waals surface area contributed by atoms with Crippen molar-refractivity contribution in [3.8, 4) is 11.5 Å². The molecule has 0 bridgehead atoms. The van der Waals surface area contributed by atoms with Crippen LogP contribution in [0.1, 0.15) is 70.4 Å². The molecule has 0 N–H and O–H groups in total. The number of carbonyl (C=O) groups excluding carboxylic acids is 2. The highest BCUT2D eigenvalue weighted by molar-refractivity contribution is 14.1. The van der Waals surface area contributed by atoms with Gasteiger partial charge in [-0.1, -0.05) is 51.4 Å². The second-order valence-corrected chi connectivity index (χ2v) is 13.6. The summed E-state index contributed by atoms with van der Waals surface area (Å²) in [7, 11) is 1.60. The van der Waals surface area contributed by atoms with Crippen LogP contribution >= 0.6 is 34.2 Å². The fourth-order valence-electron chi connectivity index (χ4n) is 5.79. The summed E-state index contributed by atoms with van der Waals surface area (Å²) in [4.78, 5) is 27.2. The van der Waals surface area contributed by atoms with Gasteiger partial charge in [-0.15, -0.1) is 0 Å². The van der Waals surface area contributed by atoms with Crippen molar-refractivity contribution in [2.75, 3.05) is 7.11 Å². The molecule has 5 nitrogen and oxygen atoms in total. The Bertz CT molecular complexity index is 1330. The second kappa shape index (κ2) is 10.0. The molecule has 0 saturated carbocycles. The van der Waals surface area contributed by atoms with Gasteiger partial charge >= 0.3 is 0 Å². The highest BCUT2D eigenvalue weighted by atomic mass is 127. The van der Waals surface area contributed by atoms with Gasteiger partial charge in [-0.05, 0) is 68.8 Å². The smallest absolute Gasteiger partial charge is 0.174 e. The first-order valence-electron chi connectivity index (χ1n) is 12.8. The van der Waals surface area contributed by atoms with Gasteiger partial charge in [0, 0.05) is 47.8 Å². The Hall–Kier alpha value is -2.32. The van der Waals surface area contributed by atoms with Gasteiger partial charge in [0.05, 0.1) is 10.7 Å². The van der Waals surface area contributed by atoms with Crippen molar-refractivity contribution < 1.29 is 23.8 Å². The summed E-state index contributed by atoms with van der Waals surface area (Å²) in [6.07, 6.45) is 2.16. The summed E-state index contributed by atoms with van der Waals surface area (Å²) >= 11 is 8.25. The van der Waals surface area contributed by atoms with E-state index in [1.54, 1.807) is 7.11 Å². The van der Waals surface area contributed by atoms with E-state index in [-0.39, 0.29) is 22.4 Å². The molecule has 5 rings (SSSR count). The Morgan fingerprint density at radius 1 is 0.921 bits per heavy atom. The Kier molecular flexibility index (Phi) is 7.18. The van der Waals surface area contributed by atoms with E-state index in [9.17, 15) is 9.59 Å². The first kappa shape index (κ1) is 27.3. The number of ether oxygens (including phenoxy) is 3. The monoisotopic (exact) mass is 646 g/mol. The molecule has 3 aliphatic rings. The summed E-state index contributed by atoms with van der Waals surface area (Å²) in [5.74, 6) is 2.20. The van der Waals surface area contributed by atoms with E-state index in [0.29, 0.717) is 71.5 Å². The Morgan fingerprint density at radius 3 is 2.00 bits per heavy atom. The molecular formula is C31H32ClIO5. The van der Waals surface area contributed by atoms with Crippen LogP contribution in [0.15, 0.2) is 59.1 Å². The van der Waals surface area contributed by atoms with E-state index in [1.807, 2.05) is 36.4 Å². The van der Waals surface area contributed by atoms with Crippen LogP contribution in [0.25, 0.3) is 0 Å². The maximum absolute atomic E-state index is 13.6. The van der Waals surface area contributed by atoms with Gasteiger partial charge in [0.15, 0.2) is 23.1 Å². The summed E-state index contributed by atoms with van der Waals surface area (Å²) < 4.78 is 19.2. The van der Waals surface area contributed by atoms with E-state index in [0.717, 1.165) is 14.7 Å². The van der Waals surface area contributed by atoms with Crippen molar-refractivity contribution >= 4 is 45.8 Å². The summed E-state index contributed by atoms with van der Waals surface area (Å²) in [5, 5.41) is 0.672. The summed E-state index contributed by atoms with van der Waals surface area (Å²) in [5.41, 5.74) is 2.66. The average molecular weight is 647 g/mol. The van der Waals surface area contributed by atoms with Gasteiger partial charge in [0.25, 0.3) is 0 Å². The number of methoxy groups -OCH3 is 1. The third-order valence-corrected chi connectivity index (χ3v) is 8.52. The number of hydrogen-bond donors (Lipinski definition) is 0. The highest BCUT2D eigenvalue weighted by Gasteiger charge is 2.48. The van der Waals surface area contributed by atoms with E-state index in [1.165, 1.54) is 0 Å². The molecule has 0 saturated heterocycles. The predicted molar refractivity (Wildman–Crippen MR) is 155 cm³/mol. The minimum Gasteiger partial charge on any atom is -0.493 e. The number of halogens is 2. The molecule has 0 aromatic heterocycles. The van der Waals surface area contributed by atoms with E-state index in [2.05, 4.69) is 50.3 Å². The van der Waals surface area contributed by atoms with E-state index < -0.39 is 5.92 Å². The lowest BCUT2D eigenvalue weighted by atomic mass is 9.65. The zero-order valence-electron chi connectivity index (χ0n) is 22.4. The van der Waals surface area contributed by atoms with Crippen molar-refractivity contribution in [2.45, 2.75) is 65.9 Å².